The van der Waals surface area contributed by atoms with Crippen LogP contribution in [0.15, 0.2) is 36.5 Å². The molecule has 25 heavy (non-hydrogen) atoms. The smallest absolute Gasteiger partial charge is 0.317 e. The average Bonchev–Trinajstić information content (AvgIpc) is 2.93. The molecule has 2 N–H and O–H groups in total. The van der Waals surface area contributed by atoms with E-state index in [0.717, 1.165) is 37.2 Å². The van der Waals surface area contributed by atoms with Crippen LogP contribution in [0.2, 0.25) is 0 Å². The van der Waals surface area contributed by atoms with Crippen LogP contribution in [0.25, 0.3) is 11.3 Å². The molecule has 1 heterocycles. The van der Waals surface area contributed by atoms with Crippen LogP contribution < -0.4 is 5.32 Å². The van der Waals surface area contributed by atoms with Crippen LogP contribution in [0.3, 0.4) is 0 Å². The Hall–Kier alpha value is -2.18. The number of carboxylic acids is 1. The minimum Gasteiger partial charge on any atom is -0.480 e. The van der Waals surface area contributed by atoms with Crippen LogP contribution in [-0.4, -0.2) is 50.9 Å². The Kier molecular flexibility index (Phi) is 5.50. The largest absolute Gasteiger partial charge is 0.480 e. The van der Waals surface area contributed by atoms with Gasteiger partial charge < -0.3 is 10.4 Å². The predicted octanol–water partition coefficient (Wildman–Crippen LogP) is 2.11. The molecule has 6 nitrogen and oxygen atoms in total. The van der Waals surface area contributed by atoms with E-state index in [2.05, 4.69) is 28.7 Å². The normalized spacial score (nSPS) is 19.8. The molecule has 1 fully saturated rings. The molecule has 0 bridgehead atoms. The SMILES string of the molecule is CCN(CC(=O)O)C1CC(NCc2cn(C)nc2-c2ccccc2)C1. The van der Waals surface area contributed by atoms with Gasteiger partial charge in [0.1, 0.15) is 0 Å². The summed E-state index contributed by atoms with van der Waals surface area (Å²) in [6.45, 7) is 3.71. The molecule has 0 amide bonds. The maximum atomic E-state index is 10.9. The van der Waals surface area contributed by atoms with Crippen molar-refractivity contribution in [2.24, 2.45) is 7.05 Å². The summed E-state index contributed by atoms with van der Waals surface area (Å²) in [5.41, 5.74) is 3.34. The van der Waals surface area contributed by atoms with Crippen molar-refractivity contribution in [3.05, 3.63) is 42.1 Å². The van der Waals surface area contributed by atoms with E-state index in [0.29, 0.717) is 12.1 Å². The van der Waals surface area contributed by atoms with Crippen molar-refractivity contribution in [1.29, 1.82) is 0 Å². The van der Waals surface area contributed by atoms with E-state index in [1.807, 2.05) is 41.8 Å². The molecule has 2 aromatic rings. The van der Waals surface area contributed by atoms with Crippen molar-refractivity contribution in [1.82, 2.24) is 20.0 Å². The summed E-state index contributed by atoms with van der Waals surface area (Å²) < 4.78 is 1.86. The first-order valence-electron chi connectivity index (χ1n) is 8.84. The second-order valence-corrected chi connectivity index (χ2v) is 6.70. The van der Waals surface area contributed by atoms with Gasteiger partial charge in [0, 0.05) is 43.0 Å². The van der Waals surface area contributed by atoms with Gasteiger partial charge >= 0.3 is 5.97 Å². The van der Waals surface area contributed by atoms with Gasteiger partial charge in [-0.15, -0.1) is 0 Å². The summed E-state index contributed by atoms with van der Waals surface area (Å²) >= 11 is 0. The second-order valence-electron chi connectivity index (χ2n) is 6.70. The van der Waals surface area contributed by atoms with Gasteiger partial charge in [-0.3, -0.25) is 14.4 Å². The number of aryl methyl sites for hydroxylation is 1. The lowest BCUT2D eigenvalue weighted by Gasteiger charge is -2.42. The molecule has 0 aliphatic heterocycles. The number of carboxylic acid groups (broad SMARTS) is 1. The van der Waals surface area contributed by atoms with Crippen molar-refractivity contribution < 1.29 is 9.90 Å². The molecular weight excluding hydrogens is 316 g/mol. The minimum absolute atomic E-state index is 0.134. The van der Waals surface area contributed by atoms with E-state index >= 15 is 0 Å². The van der Waals surface area contributed by atoms with Gasteiger partial charge in [-0.05, 0) is 19.4 Å². The van der Waals surface area contributed by atoms with Crippen LogP contribution in [0.5, 0.6) is 0 Å². The van der Waals surface area contributed by atoms with E-state index < -0.39 is 5.97 Å². The highest BCUT2D eigenvalue weighted by molar-refractivity contribution is 5.69. The number of aromatic nitrogens is 2. The van der Waals surface area contributed by atoms with Crippen molar-refractivity contribution >= 4 is 5.97 Å². The molecule has 0 spiro atoms. The maximum absolute atomic E-state index is 10.9. The van der Waals surface area contributed by atoms with E-state index in [4.69, 9.17) is 5.11 Å². The quantitative estimate of drug-likeness (QED) is 0.769. The number of hydrogen-bond acceptors (Lipinski definition) is 4. The summed E-state index contributed by atoms with van der Waals surface area (Å²) in [4.78, 5) is 13.0. The molecule has 1 aliphatic rings. The third kappa shape index (κ3) is 4.27. The molecule has 1 aromatic heterocycles. The van der Waals surface area contributed by atoms with Gasteiger partial charge in [-0.1, -0.05) is 37.3 Å². The van der Waals surface area contributed by atoms with Crippen LogP contribution in [0.4, 0.5) is 0 Å². The monoisotopic (exact) mass is 342 g/mol. The highest BCUT2D eigenvalue weighted by atomic mass is 16.4. The van der Waals surface area contributed by atoms with Gasteiger partial charge in [0.05, 0.1) is 12.2 Å². The average molecular weight is 342 g/mol. The first kappa shape index (κ1) is 17.6. The minimum atomic E-state index is -0.749. The zero-order chi connectivity index (χ0) is 17.8. The number of rotatable bonds is 8. The van der Waals surface area contributed by atoms with Crippen LogP contribution in [0.1, 0.15) is 25.3 Å². The molecule has 0 unspecified atom stereocenters. The van der Waals surface area contributed by atoms with Crippen LogP contribution in [-0.2, 0) is 18.4 Å². The van der Waals surface area contributed by atoms with E-state index in [-0.39, 0.29) is 6.54 Å². The van der Waals surface area contributed by atoms with Gasteiger partial charge in [0.2, 0.25) is 0 Å². The number of nitrogens with zero attached hydrogens (tertiary/aromatic N) is 3. The van der Waals surface area contributed by atoms with E-state index in [1.165, 1.54) is 5.56 Å². The number of aliphatic carboxylic acids is 1. The molecule has 1 saturated carbocycles. The molecule has 0 atom stereocenters. The van der Waals surface area contributed by atoms with Crippen molar-refractivity contribution in [2.45, 2.75) is 38.4 Å². The lowest BCUT2D eigenvalue weighted by molar-refractivity contribution is -0.139. The molecule has 1 aromatic carbocycles. The van der Waals surface area contributed by atoms with E-state index in [1.54, 1.807) is 0 Å². The Bertz CT molecular complexity index is 707. The fourth-order valence-corrected chi connectivity index (χ4v) is 3.49. The Labute approximate surface area is 148 Å². The number of likely N-dealkylation sites (N-methyl/N-ethyl adjacent to an activating group) is 1. The molecule has 6 heteroatoms. The predicted molar refractivity (Wildman–Crippen MR) is 97.2 cm³/mol. The van der Waals surface area contributed by atoms with Gasteiger partial charge in [0.25, 0.3) is 0 Å². The fraction of sp³-hybridized carbons (Fsp3) is 0.474. The highest BCUT2D eigenvalue weighted by Gasteiger charge is 2.33. The van der Waals surface area contributed by atoms with Gasteiger partial charge in [0.15, 0.2) is 0 Å². The molecular formula is C19H26N4O2. The van der Waals surface area contributed by atoms with Gasteiger partial charge in [-0.25, -0.2) is 0 Å². The topological polar surface area (TPSA) is 70.4 Å². The summed E-state index contributed by atoms with van der Waals surface area (Å²) in [7, 11) is 1.94. The third-order valence-corrected chi connectivity index (χ3v) is 4.91. The Morgan fingerprint density at radius 1 is 1.36 bits per heavy atom. The number of nitrogens with one attached hydrogen (secondary N) is 1. The standard InChI is InChI=1S/C19H26N4O2/c1-3-23(13-18(24)25)17-9-16(10-17)20-11-15-12-22(2)21-19(15)14-7-5-4-6-8-14/h4-8,12,16-17,20H,3,9-11,13H2,1-2H3,(H,24,25). The third-order valence-electron chi connectivity index (χ3n) is 4.91. The summed E-state index contributed by atoms with van der Waals surface area (Å²) in [6.07, 6.45) is 4.07. The lowest BCUT2D eigenvalue weighted by atomic mass is 9.85. The number of benzene rings is 1. The fourth-order valence-electron chi connectivity index (χ4n) is 3.49. The highest BCUT2D eigenvalue weighted by Crippen LogP contribution is 2.27. The molecule has 0 radical (unpaired) electrons. The lowest BCUT2D eigenvalue weighted by Crippen LogP contribution is -2.53. The summed E-state index contributed by atoms with van der Waals surface area (Å²) in [5, 5.41) is 17.2. The van der Waals surface area contributed by atoms with Crippen LogP contribution in [0, 0.1) is 0 Å². The van der Waals surface area contributed by atoms with Crippen LogP contribution >= 0.6 is 0 Å². The zero-order valence-corrected chi connectivity index (χ0v) is 14.9. The van der Waals surface area contributed by atoms with Crippen molar-refractivity contribution in [3.8, 4) is 11.3 Å². The first-order chi connectivity index (χ1) is 12.1. The molecule has 134 valence electrons. The Morgan fingerprint density at radius 2 is 2.08 bits per heavy atom. The van der Waals surface area contributed by atoms with E-state index in [9.17, 15) is 4.79 Å². The van der Waals surface area contributed by atoms with Gasteiger partial charge in [-0.2, -0.15) is 5.10 Å². The van der Waals surface area contributed by atoms with Crippen molar-refractivity contribution in [3.63, 3.8) is 0 Å². The Morgan fingerprint density at radius 3 is 2.72 bits per heavy atom. The Balaban J connectivity index is 1.55. The second kappa shape index (κ2) is 7.80. The number of carbonyl (C=O) groups is 1. The molecule has 0 saturated heterocycles. The molecule has 3 rings (SSSR count). The first-order valence-corrected chi connectivity index (χ1v) is 8.84. The van der Waals surface area contributed by atoms with Crippen molar-refractivity contribution in [2.75, 3.05) is 13.1 Å². The summed E-state index contributed by atoms with van der Waals surface area (Å²) in [5.74, 6) is -0.749. The maximum Gasteiger partial charge on any atom is 0.317 e. The number of hydrogen-bond donors (Lipinski definition) is 2. The zero-order valence-electron chi connectivity index (χ0n) is 14.9. The molecule has 1 aliphatic carbocycles. The summed E-state index contributed by atoms with van der Waals surface area (Å²) in [6, 6.07) is 11.0.